The van der Waals surface area contributed by atoms with Crippen LogP contribution in [0, 0.1) is 0 Å². The van der Waals surface area contributed by atoms with Crippen molar-refractivity contribution in [3.8, 4) is 11.5 Å². The quantitative estimate of drug-likeness (QED) is 0.521. The van der Waals surface area contributed by atoms with Crippen LogP contribution in [-0.2, 0) is 9.53 Å². The number of benzene rings is 1. The number of rotatable bonds is 7. The van der Waals surface area contributed by atoms with Crippen LogP contribution in [0.15, 0.2) is 24.3 Å². The van der Waals surface area contributed by atoms with Crippen molar-refractivity contribution in [2.24, 2.45) is 0 Å². The number of hydrogen-bond acceptors (Lipinski definition) is 5. The summed E-state index contributed by atoms with van der Waals surface area (Å²) >= 11 is 0. The highest BCUT2D eigenvalue weighted by Crippen LogP contribution is 2.16. The van der Waals surface area contributed by atoms with Gasteiger partial charge in [-0.15, -0.1) is 0 Å². The summed E-state index contributed by atoms with van der Waals surface area (Å²) in [7, 11) is 0. The van der Waals surface area contributed by atoms with E-state index in [0.717, 1.165) is 0 Å². The lowest BCUT2D eigenvalue weighted by Gasteiger charge is -2.16. The van der Waals surface area contributed by atoms with E-state index >= 15 is 0 Å². The van der Waals surface area contributed by atoms with Gasteiger partial charge in [0.05, 0.1) is 13.0 Å². The van der Waals surface area contributed by atoms with Crippen LogP contribution in [0.3, 0.4) is 0 Å². The van der Waals surface area contributed by atoms with E-state index in [4.69, 9.17) is 14.6 Å². The number of nitrogens with one attached hydrogen (secondary N) is 2. The van der Waals surface area contributed by atoms with Crippen molar-refractivity contribution >= 4 is 12.0 Å². The molecule has 0 aliphatic rings. The lowest BCUT2D eigenvalue weighted by atomic mass is 10.3. The molecular formula is C14H20N2O5. The third-order valence-electron chi connectivity index (χ3n) is 2.40. The molecule has 1 aromatic carbocycles. The summed E-state index contributed by atoms with van der Waals surface area (Å²) in [5.41, 5.74) is 0. The molecule has 0 spiro atoms. The van der Waals surface area contributed by atoms with Crippen LogP contribution < -0.4 is 15.4 Å². The summed E-state index contributed by atoms with van der Waals surface area (Å²) in [6.07, 6.45) is -0.439. The van der Waals surface area contributed by atoms with E-state index in [-0.39, 0.29) is 24.7 Å². The Hall–Kier alpha value is -2.44. The van der Waals surface area contributed by atoms with Crippen molar-refractivity contribution in [3.63, 3.8) is 0 Å². The molecule has 0 bridgehead atoms. The lowest BCUT2D eigenvalue weighted by molar-refractivity contribution is -0.142. The molecule has 0 saturated carbocycles. The van der Waals surface area contributed by atoms with E-state index < -0.39 is 12.3 Å². The average Bonchev–Trinajstić information content (AvgIpc) is 2.41. The number of phenols is 1. The average molecular weight is 296 g/mol. The van der Waals surface area contributed by atoms with Gasteiger partial charge >= 0.3 is 12.0 Å². The van der Waals surface area contributed by atoms with Gasteiger partial charge in [-0.1, -0.05) is 0 Å². The van der Waals surface area contributed by atoms with Crippen LogP contribution >= 0.6 is 0 Å². The molecule has 7 nitrogen and oxygen atoms in total. The first kappa shape index (κ1) is 16.6. The molecule has 0 aromatic heterocycles. The number of ether oxygens (including phenoxy) is 2. The summed E-state index contributed by atoms with van der Waals surface area (Å²) < 4.78 is 10.2. The normalized spacial score (nSPS) is 11.3. The predicted octanol–water partition coefficient (Wildman–Crippen LogP) is 1.37. The van der Waals surface area contributed by atoms with Gasteiger partial charge in [0.2, 0.25) is 0 Å². The van der Waals surface area contributed by atoms with Gasteiger partial charge in [0.15, 0.2) is 6.23 Å². The highest BCUT2D eigenvalue weighted by atomic mass is 16.5. The molecule has 116 valence electrons. The number of hydrogen-bond donors (Lipinski definition) is 3. The van der Waals surface area contributed by atoms with E-state index in [1.54, 1.807) is 26.0 Å². The summed E-state index contributed by atoms with van der Waals surface area (Å²) in [6.45, 7) is 3.90. The third-order valence-corrected chi connectivity index (χ3v) is 2.40. The molecular weight excluding hydrogens is 276 g/mol. The second kappa shape index (κ2) is 8.68. The molecule has 0 fully saturated rings. The number of urea groups is 1. The first-order valence-electron chi connectivity index (χ1n) is 6.67. The Balaban J connectivity index is 2.24. The number of aromatic hydroxyl groups is 1. The zero-order valence-electron chi connectivity index (χ0n) is 12.1. The number of carbonyl (C=O) groups is 2. The fraction of sp³-hybridized carbons (Fsp3) is 0.429. The number of carbonyl (C=O) groups excluding carboxylic acids is 2. The molecule has 0 saturated heterocycles. The molecule has 21 heavy (non-hydrogen) atoms. The lowest BCUT2D eigenvalue weighted by Crippen LogP contribution is -2.43. The van der Waals surface area contributed by atoms with Crippen molar-refractivity contribution < 1.29 is 24.2 Å². The zero-order valence-corrected chi connectivity index (χ0v) is 12.1. The Bertz CT molecular complexity index is 461. The van der Waals surface area contributed by atoms with Crippen molar-refractivity contribution in [1.82, 2.24) is 10.6 Å². The van der Waals surface area contributed by atoms with Crippen molar-refractivity contribution in [2.75, 3.05) is 13.2 Å². The van der Waals surface area contributed by atoms with Crippen LogP contribution in [0.4, 0.5) is 4.79 Å². The van der Waals surface area contributed by atoms with Gasteiger partial charge < -0.3 is 25.2 Å². The minimum atomic E-state index is -0.558. The molecule has 2 amide bonds. The van der Waals surface area contributed by atoms with Gasteiger partial charge in [-0.3, -0.25) is 4.79 Å². The molecule has 1 unspecified atom stereocenters. The zero-order chi connectivity index (χ0) is 15.7. The minimum absolute atomic E-state index is 0.120. The summed E-state index contributed by atoms with van der Waals surface area (Å²) in [6, 6.07) is 5.71. The SMILES string of the molecule is CCOC(=O)CCNC(=O)NC(C)Oc1ccc(O)cc1. The molecule has 0 radical (unpaired) electrons. The fourth-order valence-corrected chi connectivity index (χ4v) is 1.51. The van der Waals surface area contributed by atoms with E-state index in [1.165, 1.54) is 12.1 Å². The Morgan fingerprint density at radius 2 is 1.95 bits per heavy atom. The first-order valence-corrected chi connectivity index (χ1v) is 6.67. The number of amides is 2. The van der Waals surface area contributed by atoms with E-state index in [9.17, 15) is 9.59 Å². The molecule has 0 heterocycles. The molecule has 0 aliphatic carbocycles. The Morgan fingerprint density at radius 1 is 1.29 bits per heavy atom. The van der Waals surface area contributed by atoms with Crippen LogP contribution in [0.2, 0.25) is 0 Å². The monoisotopic (exact) mass is 296 g/mol. The van der Waals surface area contributed by atoms with Gasteiger partial charge in [-0.05, 0) is 38.1 Å². The maximum atomic E-state index is 11.5. The van der Waals surface area contributed by atoms with Gasteiger partial charge in [-0.25, -0.2) is 4.79 Å². The highest BCUT2D eigenvalue weighted by Gasteiger charge is 2.09. The second-order valence-electron chi connectivity index (χ2n) is 4.21. The van der Waals surface area contributed by atoms with Gasteiger partial charge in [0, 0.05) is 6.54 Å². The van der Waals surface area contributed by atoms with Crippen molar-refractivity contribution in [3.05, 3.63) is 24.3 Å². The van der Waals surface area contributed by atoms with Crippen molar-refractivity contribution in [1.29, 1.82) is 0 Å². The Labute approximate surface area is 123 Å². The maximum Gasteiger partial charge on any atom is 0.317 e. The molecule has 1 atom stereocenters. The second-order valence-corrected chi connectivity index (χ2v) is 4.21. The predicted molar refractivity (Wildman–Crippen MR) is 76.0 cm³/mol. The van der Waals surface area contributed by atoms with Crippen LogP contribution in [0.25, 0.3) is 0 Å². The first-order chi connectivity index (χ1) is 10.0. The van der Waals surface area contributed by atoms with Gasteiger partial charge in [0.25, 0.3) is 0 Å². The van der Waals surface area contributed by atoms with Gasteiger partial charge in [0.1, 0.15) is 11.5 Å². The van der Waals surface area contributed by atoms with Crippen LogP contribution in [-0.4, -0.2) is 36.5 Å². The van der Waals surface area contributed by atoms with E-state index in [2.05, 4.69) is 10.6 Å². The fourth-order valence-electron chi connectivity index (χ4n) is 1.51. The third kappa shape index (κ3) is 7.05. The largest absolute Gasteiger partial charge is 0.508 e. The number of esters is 1. The Morgan fingerprint density at radius 3 is 2.57 bits per heavy atom. The van der Waals surface area contributed by atoms with Crippen LogP contribution in [0.5, 0.6) is 11.5 Å². The van der Waals surface area contributed by atoms with E-state index in [0.29, 0.717) is 12.4 Å². The summed E-state index contributed by atoms with van der Waals surface area (Å²) in [5.74, 6) is 0.304. The highest BCUT2D eigenvalue weighted by molar-refractivity contribution is 5.75. The maximum absolute atomic E-state index is 11.5. The minimum Gasteiger partial charge on any atom is -0.508 e. The molecule has 1 rings (SSSR count). The van der Waals surface area contributed by atoms with Crippen LogP contribution in [0.1, 0.15) is 20.3 Å². The molecule has 1 aromatic rings. The van der Waals surface area contributed by atoms with E-state index in [1.807, 2.05) is 0 Å². The summed E-state index contributed by atoms with van der Waals surface area (Å²) in [4.78, 5) is 22.6. The number of phenolic OH excluding ortho intramolecular Hbond substituents is 1. The molecule has 7 heteroatoms. The smallest absolute Gasteiger partial charge is 0.317 e. The van der Waals surface area contributed by atoms with Crippen molar-refractivity contribution in [2.45, 2.75) is 26.5 Å². The summed E-state index contributed by atoms with van der Waals surface area (Å²) in [5, 5.41) is 14.2. The topological polar surface area (TPSA) is 96.9 Å². The Kier molecular flexibility index (Phi) is 6.86. The van der Waals surface area contributed by atoms with Gasteiger partial charge in [-0.2, -0.15) is 0 Å². The standard InChI is InChI=1S/C14H20N2O5/c1-3-20-13(18)8-9-15-14(19)16-10(2)21-12-6-4-11(17)5-7-12/h4-7,10,17H,3,8-9H2,1-2H3,(H2,15,16,19). The molecule has 0 aliphatic heterocycles. The molecule has 3 N–H and O–H groups in total.